The van der Waals surface area contributed by atoms with E-state index in [1.54, 1.807) is 29.9 Å². The van der Waals surface area contributed by atoms with Crippen LogP contribution in [-0.2, 0) is 16.1 Å². The van der Waals surface area contributed by atoms with Crippen LogP contribution in [-0.4, -0.2) is 48.1 Å². The van der Waals surface area contributed by atoms with Crippen LogP contribution in [0.15, 0.2) is 56.8 Å². The molecule has 1 atom stereocenters. The Morgan fingerprint density at radius 3 is 2.80 bits per heavy atom. The zero-order valence-electron chi connectivity index (χ0n) is 19.4. The summed E-state index contributed by atoms with van der Waals surface area (Å²) in [5.74, 6) is 0.913. The molecule has 35 heavy (non-hydrogen) atoms. The molecule has 9 nitrogen and oxygen atoms in total. The maximum Gasteiger partial charge on any atom is 0.297 e. The molecule has 10 heteroatoms. The molecule has 2 aromatic heterocycles. The Bertz CT molecular complexity index is 1440. The summed E-state index contributed by atoms with van der Waals surface area (Å²) in [6.07, 6.45) is 1.75. The van der Waals surface area contributed by atoms with Crippen LogP contribution in [0.1, 0.15) is 12.8 Å². The van der Waals surface area contributed by atoms with Crippen LogP contribution in [0.3, 0.4) is 0 Å². The van der Waals surface area contributed by atoms with E-state index in [1.165, 1.54) is 18.9 Å². The molecule has 182 valence electrons. The molecule has 3 heterocycles. The van der Waals surface area contributed by atoms with Gasteiger partial charge in [0.15, 0.2) is 16.7 Å². The van der Waals surface area contributed by atoms with E-state index in [4.69, 9.17) is 23.6 Å². The summed E-state index contributed by atoms with van der Waals surface area (Å²) in [6, 6.07) is 12.6. The standard InChI is InChI=1S/C25H25N3O6S/c1-31-19-10-9-15(12-20(19)32-2)26-21(29)14-35-25-27-22-17-7-3-4-8-18(17)34-23(22)24(30)28(25)13-16-6-5-11-33-16/h3-4,7-10,12,16H,5-6,11,13-14H2,1-2H3,(H,26,29)/t16-/m1/s1. The monoisotopic (exact) mass is 495 g/mol. The summed E-state index contributed by atoms with van der Waals surface area (Å²) in [4.78, 5) is 30.9. The molecule has 0 radical (unpaired) electrons. The molecule has 2 aromatic carbocycles. The topological polar surface area (TPSA) is 105 Å². The zero-order chi connectivity index (χ0) is 24.4. The van der Waals surface area contributed by atoms with Crippen LogP contribution in [0.4, 0.5) is 5.69 Å². The van der Waals surface area contributed by atoms with Crippen LogP contribution < -0.4 is 20.3 Å². The van der Waals surface area contributed by atoms with Gasteiger partial charge >= 0.3 is 0 Å². The maximum atomic E-state index is 13.4. The molecule has 1 saturated heterocycles. The predicted molar refractivity (Wildman–Crippen MR) is 134 cm³/mol. The minimum Gasteiger partial charge on any atom is -0.493 e. The van der Waals surface area contributed by atoms with E-state index in [0.717, 1.165) is 18.2 Å². The number of aromatic nitrogens is 2. The molecule has 1 amide bonds. The fourth-order valence-electron chi connectivity index (χ4n) is 4.16. The first-order valence-electron chi connectivity index (χ1n) is 11.3. The van der Waals surface area contributed by atoms with Crippen molar-refractivity contribution in [2.45, 2.75) is 30.6 Å². The van der Waals surface area contributed by atoms with Gasteiger partial charge in [-0.3, -0.25) is 14.2 Å². The summed E-state index contributed by atoms with van der Waals surface area (Å²) in [5, 5.41) is 4.07. The quantitative estimate of drug-likeness (QED) is 0.288. The van der Waals surface area contributed by atoms with E-state index in [-0.39, 0.29) is 28.9 Å². The van der Waals surface area contributed by atoms with Gasteiger partial charge in [-0.1, -0.05) is 23.9 Å². The molecule has 1 N–H and O–H groups in total. The summed E-state index contributed by atoms with van der Waals surface area (Å²) in [5.41, 5.74) is 1.61. The SMILES string of the molecule is COc1ccc(NC(=O)CSc2nc3c(oc4ccccc43)c(=O)n2C[C@H]2CCCO2)cc1OC. The molecule has 0 saturated carbocycles. The van der Waals surface area contributed by atoms with Gasteiger partial charge in [0.25, 0.3) is 5.56 Å². The lowest BCUT2D eigenvalue weighted by Crippen LogP contribution is -2.29. The number of hydrogen-bond donors (Lipinski definition) is 1. The third kappa shape index (κ3) is 4.71. The number of ether oxygens (including phenoxy) is 3. The number of rotatable bonds is 8. The van der Waals surface area contributed by atoms with Crippen molar-refractivity contribution in [3.63, 3.8) is 0 Å². The van der Waals surface area contributed by atoms with Gasteiger partial charge in [-0.25, -0.2) is 4.98 Å². The van der Waals surface area contributed by atoms with Crippen molar-refractivity contribution < 1.29 is 23.4 Å². The Hall–Kier alpha value is -3.50. The van der Waals surface area contributed by atoms with E-state index in [9.17, 15) is 9.59 Å². The lowest BCUT2D eigenvalue weighted by Gasteiger charge is -2.15. The van der Waals surface area contributed by atoms with Crippen LogP contribution in [0, 0.1) is 0 Å². The fraction of sp³-hybridized carbons (Fsp3) is 0.320. The van der Waals surface area contributed by atoms with Crippen molar-refractivity contribution in [3.8, 4) is 11.5 Å². The molecule has 4 aromatic rings. The second-order valence-corrected chi connectivity index (χ2v) is 9.07. The summed E-state index contributed by atoms with van der Waals surface area (Å²) < 4.78 is 23.7. The predicted octanol–water partition coefficient (Wildman–Crippen LogP) is 4.07. The highest BCUT2D eigenvalue weighted by Crippen LogP contribution is 2.31. The third-order valence-corrected chi connectivity index (χ3v) is 6.83. The lowest BCUT2D eigenvalue weighted by atomic mass is 10.2. The van der Waals surface area contributed by atoms with Crippen LogP contribution in [0.5, 0.6) is 11.5 Å². The number of furan rings is 1. The van der Waals surface area contributed by atoms with Gasteiger partial charge in [0.05, 0.1) is 32.6 Å². The Morgan fingerprint density at radius 2 is 2.03 bits per heavy atom. The number of benzene rings is 2. The van der Waals surface area contributed by atoms with E-state index in [0.29, 0.717) is 46.6 Å². The van der Waals surface area contributed by atoms with Gasteiger partial charge in [-0.15, -0.1) is 0 Å². The number of nitrogens with one attached hydrogen (secondary N) is 1. The van der Waals surface area contributed by atoms with Gasteiger partial charge in [-0.2, -0.15) is 0 Å². The maximum absolute atomic E-state index is 13.4. The number of anilines is 1. The van der Waals surface area contributed by atoms with E-state index >= 15 is 0 Å². The first-order chi connectivity index (χ1) is 17.1. The summed E-state index contributed by atoms with van der Waals surface area (Å²) >= 11 is 1.20. The zero-order valence-corrected chi connectivity index (χ0v) is 20.2. The molecule has 1 aliphatic rings. The average molecular weight is 496 g/mol. The molecular formula is C25H25N3O6S. The number of thioether (sulfide) groups is 1. The smallest absolute Gasteiger partial charge is 0.297 e. The Labute approximate surface area is 205 Å². The second-order valence-electron chi connectivity index (χ2n) is 8.13. The van der Waals surface area contributed by atoms with E-state index in [2.05, 4.69) is 5.32 Å². The van der Waals surface area contributed by atoms with Gasteiger partial charge in [0.1, 0.15) is 11.1 Å². The number of fused-ring (bicyclic) bond motifs is 3. The van der Waals surface area contributed by atoms with Crippen molar-refractivity contribution in [2.75, 3.05) is 31.9 Å². The number of hydrogen-bond acceptors (Lipinski definition) is 8. The number of para-hydroxylation sites is 1. The summed E-state index contributed by atoms with van der Waals surface area (Å²) in [6.45, 7) is 1.04. The molecule has 0 bridgehead atoms. The highest BCUT2D eigenvalue weighted by Gasteiger charge is 2.23. The molecular weight excluding hydrogens is 470 g/mol. The van der Waals surface area contributed by atoms with Gasteiger partial charge in [-0.05, 0) is 37.1 Å². The largest absolute Gasteiger partial charge is 0.493 e. The van der Waals surface area contributed by atoms with Gasteiger partial charge in [0.2, 0.25) is 11.5 Å². The normalized spacial score (nSPS) is 15.5. The lowest BCUT2D eigenvalue weighted by molar-refractivity contribution is -0.113. The van der Waals surface area contributed by atoms with Crippen molar-refractivity contribution in [2.24, 2.45) is 0 Å². The van der Waals surface area contributed by atoms with Crippen molar-refractivity contribution >= 4 is 45.4 Å². The highest BCUT2D eigenvalue weighted by molar-refractivity contribution is 7.99. The molecule has 0 unspecified atom stereocenters. The molecule has 0 aliphatic carbocycles. The number of nitrogens with zero attached hydrogens (tertiary/aromatic N) is 2. The second kappa shape index (κ2) is 10.0. The number of amides is 1. The minimum atomic E-state index is -0.274. The number of carbonyl (C=O) groups excluding carboxylic acids is 1. The first-order valence-corrected chi connectivity index (χ1v) is 12.2. The van der Waals surface area contributed by atoms with Gasteiger partial charge in [0, 0.05) is 23.7 Å². The van der Waals surface area contributed by atoms with Crippen molar-refractivity contribution in [3.05, 3.63) is 52.8 Å². The van der Waals surface area contributed by atoms with Crippen molar-refractivity contribution in [1.82, 2.24) is 9.55 Å². The first kappa shape index (κ1) is 23.3. The molecule has 1 aliphatic heterocycles. The Balaban J connectivity index is 1.42. The van der Waals surface area contributed by atoms with Crippen molar-refractivity contribution in [1.29, 1.82) is 0 Å². The Kier molecular flexibility index (Phi) is 6.65. The van der Waals surface area contributed by atoms with E-state index in [1.807, 2.05) is 24.3 Å². The van der Waals surface area contributed by atoms with Gasteiger partial charge < -0.3 is 23.9 Å². The summed E-state index contributed by atoms with van der Waals surface area (Å²) in [7, 11) is 3.09. The highest BCUT2D eigenvalue weighted by atomic mass is 32.2. The fourth-order valence-corrected chi connectivity index (χ4v) is 4.96. The molecule has 0 spiro atoms. The molecule has 1 fully saturated rings. The third-order valence-electron chi connectivity index (χ3n) is 5.86. The van der Waals surface area contributed by atoms with Crippen LogP contribution in [0.2, 0.25) is 0 Å². The van der Waals surface area contributed by atoms with E-state index < -0.39 is 0 Å². The minimum absolute atomic E-state index is 0.0631. The van der Waals surface area contributed by atoms with Crippen LogP contribution in [0.25, 0.3) is 22.1 Å². The molecule has 5 rings (SSSR count). The van der Waals surface area contributed by atoms with Crippen LogP contribution >= 0.6 is 11.8 Å². The number of methoxy groups -OCH3 is 2. The number of carbonyl (C=O) groups is 1. The average Bonchev–Trinajstić information content (AvgIpc) is 3.52. The Morgan fingerprint density at radius 1 is 1.20 bits per heavy atom.